The lowest BCUT2D eigenvalue weighted by molar-refractivity contribution is 0.103. The van der Waals surface area contributed by atoms with E-state index in [0.717, 1.165) is 29.5 Å². The van der Waals surface area contributed by atoms with Gasteiger partial charge >= 0.3 is 0 Å². The lowest BCUT2D eigenvalue weighted by Gasteiger charge is -2.31. The Balaban J connectivity index is 1.42. The van der Waals surface area contributed by atoms with Crippen molar-refractivity contribution in [2.45, 2.75) is 23.8 Å². The number of hydrogen-bond donors (Lipinski definition) is 2. The molecule has 12 heteroatoms. The Bertz CT molecular complexity index is 1320. The summed E-state index contributed by atoms with van der Waals surface area (Å²) in [6.45, 7) is 0.505. The fourth-order valence-corrected chi connectivity index (χ4v) is 6.04. The third kappa shape index (κ3) is 4.69. The number of nitrogens with zero attached hydrogens (tertiary/aromatic N) is 2. The number of nitrogens with two attached hydrogens (primary N) is 1. The highest BCUT2D eigenvalue weighted by atomic mass is 32.2. The molecule has 2 aromatic carbocycles. The second kappa shape index (κ2) is 9.57. The first kappa shape index (κ1) is 23.9. The summed E-state index contributed by atoms with van der Waals surface area (Å²) in [5, 5.41) is 3.44. The second-order valence-electron chi connectivity index (χ2n) is 7.67. The lowest BCUT2D eigenvalue weighted by atomic mass is 10.1. The number of nitrogens with one attached hydrogen (secondary N) is 1. The number of hydrogen-bond acceptors (Lipinski definition) is 8. The van der Waals surface area contributed by atoms with Crippen LogP contribution in [0.4, 0.5) is 19.7 Å². The van der Waals surface area contributed by atoms with Crippen LogP contribution in [0.15, 0.2) is 47.4 Å². The number of carbonyl (C=O) groups excluding carboxylic acids is 2. The molecule has 178 valence electrons. The van der Waals surface area contributed by atoms with E-state index in [0.29, 0.717) is 29.8 Å². The van der Waals surface area contributed by atoms with E-state index in [4.69, 9.17) is 5.73 Å². The van der Waals surface area contributed by atoms with Crippen molar-refractivity contribution in [1.29, 1.82) is 0 Å². The number of rotatable bonds is 7. The van der Waals surface area contributed by atoms with Gasteiger partial charge in [0.25, 0.3) is 0 Å². The fourth-order valence-electron chi connectivity index (χ4n) is 3.67. The summed E-state index contributed by atoms with van der Waals surface area (Å²) in [4.78, 5) is 27.6. The molecule has 0 bridgehead atoms. The molecule has 3 N–H and O–H groups in total. The Labute approximate surface area is 198 Å². The van der Waals surface area contributed by atoms with E-state index in [1.54, 1.807) is 0 Å². The molecule has 0 aliphatic carbocycles. The minimum atomic E-state index is -3.70. The van der Waals surface area contributed by atoms with E-state index in [-0.39, 0.29) is 34.7 Å². The SMILES string of the molecule is Nc1nc(NC2CCN(S(=O)(=O)c3ccc(C=O)cc3)CC2)sc1C(=O)c1c(F)cccc1F. The van der Waals surface area contributed by atoms with Gasteiger partial charge in [0.2, 0.25) is 15.8 Å². The zero-order chi connectivity index (χ0) is 24.5. The van der Waals surface area contributed by atoms with E-state index < -0.39 is 33.0 Å². The maximum Gasteiger partial charge on any atom is 0.243 e. The van der Waals surface area contributed by atoms with Crippen molar-refractivity contribution in [1.82, 2.24) is 9.29 Å². The van der Waals surface area contributed by atoms with Crippen LogP contribution in [0.1, 0.15) is 38.4 Å². The maximum atomic E-state index is 14.0. The van der Waals surface area contributed by atoms with Crippen molar-refractivity contribution >= 4 is 44.4 Å². The largest absolute Gasteiger partial charge is 0.382 e. The quantitative estimate of drug-likeness (QED) is 0.372. The minimum absolute atomic E-state index is 0.0784. The molecule has 2 heterocycles. The first-order valence-electron chi connectivity index (χ1n) is 10.3. The van der Waals surface area contributed by atoms with Gasteiger partial charge in [-0.05, 0) is 37.1 Å². The molecule has 1 aromatic heterocycles. The number of ketones is 1. The van der Waals surface area contributed by atoms with Gasteiger partial charge in [0.15, 0.2) is 5.13 Å². The van der Waals surface area contributed by atoms with E-state index >= 15 is 0 Å². The van der Waals surface area contributed by atoms with Gasteiger partial charge in [0.05, 0.1) is 10.5 Å². The van der Waals surface area contributed by atoms with Crippen molar-refractivity contribution in [3.05, 3.63) is 70.1 Å². The smallest absolute Gasteiger partial charge is 0.243 e. The molecule has 1 aliphatic rings. The van der Waals surface area contributed by atoms with Gasteiger partial charge in [-0.2, -0.15) is 4.31 Å². The third-order valence-corrected chi connectivity index (χ3v) is 8.40. The average molecular weight is 507 g/mol. The maximum absolute atomic E-state index is 14.0. The first-order chi connectivity index (χ1) is 16.2. The summed E-state index contributed by atoms with van der Waals surface area (Å²) in [5.74, 6) is -3.00. The molecule has 3 aromatic rings. The van der Waals surface area contributed by atoms with Gasteiger partial charge in [0.1, 0.15) is 28.6 Å². The molecule has 0 amide bonds. The molecule has 4 rings (SSSR count). The number of anilines is 2. The molecular weight excluding hydrogens is 486 g/mol. The number of carbonyl (C=O) groups is 2. The number of thiazole rings is 1. The standard InChI is InChI=1S/C22H20F2N4O4S2/c23-16-2-1-3-17(24)18(16)19(30)20-21(25)27-22(33-20)26-14-8-10-28(11-9-14)34(31,32)15-6-4-13(12-29)5-7-15/h1-7,12,14H,8-11,25H2,(H,26,27). The molecule has 0 atom stereocenters. The summed E-state index contributed by atoms with van der Waals surface area (Å²) in [6.07, 6.45) is 1.58. The highest BCUT2D eigenvalue weighted by molar-refractivity contribution is 7.89. The molecule has 1 fully saturated rings. The summed E-state index contributed by atoms with van der Waals surface area (Å²) in [6, 6.07) is 8.72. The van der Waals surface area contributed by atoms with Crippen LogP contribution < -0.4 is 11.1 Å². The molecule has 0 saturated carbocycles. The predicted molar refractivity (Wildman–Crippen MR) is 124 cm³/mol. The number of sulfonamides is 1. The normalized spacial score (nSPS) is 15.2. The van der Waals surface area contributed by atoms with Gasteiger partial charge in [-0.25, -0.2) is 22.2 Å². The molecular formula is C22H20F2N4O4S2. The molecule has 0 spiro atoms. The predicted octanol–water partition coefficient (Wildman–Crippen LogP) is 3.31. The van der Waals surface area contributed by atoms with Crippen LogP contribution in [0.5, 0.6) is 0 Å². The van der Waals surface area contributed by atoms with Gasteiger partial charge in [-0.1, -0.05) is 29.5 Å². The zero-order valence-corrected chi connectivity index (χ0v) is 19.3. The van der Waals surface area contributed by atoms with E-state index in [1.165, 1.54) is 28.6 Å². The topological polar surface area (TPSA) is 122 Å². The van der Waals surface area contributed by atoms with E-state index in [1.807, 2.05) is 0 Å². The first-order valence-corrected chi connectivity index (χ1v) is 12.5. The number of piperidine rings is 1. The van der Waals surface area contributed by atoms with Crippen molar-refractivity contribution < 1.29 is 26.8 Å². The fraction of sp³-hybridized carbons (Fsp3) is 0.227. The Morgan fingerprint density at radius 1 is 1.12 bits per heavy atom. The average Bonchev–Trinajstić information content (AvgIpc) is 3.19. The van der Waals surface area contributed by atoms with Crippen LogP contribution in [-0.2, 0) is 10.0 Å². The molecule has 0 unspecified atom stereocenters. The Morgan fingerprint density at radius 3 is 2.32 bits per heavy atom. The Kier molecular flexibility index (Phi) is 6.73. The second-order valence-corrected chi connectivity index (χ2v) is 10.6. The zero-order valence-electron chi connectivity index (χ0n) is 17.7. The van der Waals surface area contributed by atoms with Crippen molar-refractivity contribution in [3.8, 4) is 0 Å². The summed E-state index contributed by atoms with van der Waals surface area (Å²) < 4.78 is 55.1. The van der Waals surface area contributed by atoms with E-state index in [9.17, 15) is 26.8 Å². The monoisotopic (exact) mass is 506 g/mol. The number of halogens is 2. The minimum Gasteiger partial charge on any atom is -0.382 e. The number of aldehydes is 1. The highest BCUT2D eigenvalue weighted by Gasteiger charge is 2.30. The summed E-state index contributed by atoms with van der Waals surface area (Å²) >= 11 is 0.890. The van der Waals surface area contributed by atoms with Crippen molar-refractivity contribution in [2.75, 3.05) is 24.1 Å². The van der Waals surface area contributed by atoms with Gasteiger partial charge in [-0.15, -0.1) is 0 Å². The number of benzene rings is 2. The van der Waals surface area contributed by atoms with Crippen LogP contribution in [-0.4, -0.2) is 48.9 Å². The Morgan fingerprint density at radius 2 is 1.74 bits per heavy atom. The molecule has 1 saturated heterocycles. The van der Waals surface area contributed by atoms with E-state index in [2.05, 4.69) is 10.3 Å². The molecule has 8 nitrogen and oxygen atoms in total. The molecule has 34 heavy (non-hydrogen) atoms. The Hall–Kier alpha value is -3.22. The van der Waals surface area contributed by atoms with Crippen LogP contribution in [0, 0.1) is 11.6 Å². The van der Waals surface area contributed by atoms with Gasteiger partial charge in [-0.3, -0.25) is 9.59 Å². The van der Waals surface area contributed by atoms with Gasteiger partial charge in [0, 0.05) is 24.7 Å². The molecule has 1 aliphatic heterocycles. The molecule has 0 radical (unpaired) electrons. The van der Waals surface area contributed by atoms with Crippen LogP contribution >= 0.6 is 11.3 Å². The van der Waals surface area contributed by atoms with Crippen molar-refractivity contribution in [3.63, 3.8) is 0 Å². The summed E-state index contributed by atoms with van der Waals surface area (Å²) in [5.41, 5.74) is 5.53. The van der Waals surface area contributed by atoms with Crippen LogP contribution in [0.25, 0.3) is 0 Å². The highest BCUT2D eigenvalue weighted by Crippen LogP contribution is 2.31. The van der Waals surface area contributed by atoms with Crippen LogP contribution in [0.3, 0.4) is 0 Å². The van der Waals surface area contributed by atoms with Crippen LogP contribution in [0.2, 0.25) is 0 Å². The van der Waals surface area contributed by atoms with Gasteiger partial charge < -0.3 is 11.1 Å². The summed E-state index contributed by atoms with van der Waals surface area (Å²) in [7, 11) is -3.70. The number of aromatic nitrogens is 1. The number of nitrogen functional groups attached to an aromatic ring is 1. The van der Waals surface area contributed by atoms with Crippen molar-refractivity contribution in [2.24, 2.45) is 0 Å². The lowest BCUT2D eigenvalue weighted by Crippen LogP contribution is -2.42. The third-order valence-electron chi connectivity index (χ3n) is 5.48.